The normalized spacial score (nSPS) is 10.6. The molecule has 134 valence electrons. The summed E-state index contributed by atoms with van der Waals surface area (Å²) in [6, 6.07) is 9.64. The minimum absolute atomic E-state index is 0.0110. The van der Waals surface area contributed by atoms with Crippen molar-refractivity contribution in [3.63, 3.8) is 0 Å². The molecule has 0 fully saturated rings. The molecule has 1 heterocycles. The summed E-state index contributed by atoms with van der Waals surface area (Å²) in [6.45, 7) is 0.421. The quantitative estimate of drug-likeness (QED) is 0.614. The van der Waals surface area contributed by atoms with E-state index >= 15 is 0 Å². The molecule has 1 aromatic heterocycles. The van der Waals surface area contributed by atoms with E-state index in [9.17, 15) is 13.6 Å². The molecule has 8 heteroatoms. The fraction of sp³-hybridized carbons (Fsp3) is 0.111. The molecular formula is C18H15F2N3O2S. The summed E-state index contributed by atoms with van der Waals surface area (Å²) in [6.07, 6.45) is 0. The topological polar surface area (TPSA) is 74.2 Å². The van der Waals surface area contributed by atoms with E-state index in [2.05, 4.69) is 15.6 Å². The molecule has 0 saturated carbocycles. The lowest BCUT2D eigenvalue weighted by Crippen LogP contribution is -2.12. The number of hydrogen-bond donors (Lipinski definition) is 3. The van der Waals surface area contributed by atoms with Gasteiger partial charge in [-0.3, -0.25) is 4.79 Å². The van der Waals surface area contributed by atoms with Gasteiger partial charge in [-0.05, 0) is 24.3 Å². The lowest BCUT2D eigenvalue weighted by molar-refractivity contribution is 0.102. The molecule has 0 aliphatic heterocycles. The minimum Gasteiger partial charge on any atom is -0.395 e. The first-order chi connectivity index (χ1) is 12.5. The molecule has 3 N–H and O–H groups in total. The van der Waals surface area contributed by atoms with Crippen LogP contribution in [0.1, 0.15) is 10.4 Å². The Kier molecular flexibility index (Phi) is 5.55. The Morgan fingerprint density at radius 3 is 2.65 bits per heavy atom. The van der Waals surface area contributed by atoms with Crippen LogP contribution in [0.15, 0.2) is 47.8 Å². The number of carbonyl (C=O) groups is 1. The molecule has 0 radical (unpaired) electrons. The van der Waals surface area contributed by atoms with Crippen molar-refractivity contribution in [3.05, 3.63) is 65.0 Å². The Bertz CT molecular complexity index is 910. The highest BCUT2D eigenvalue weighted by atomic mass is 32.1. The molecule has 3 rings (SSSR count). The predicted octanol–water partition coefficient (Wildman–Crippen LogP) is 3.74. The Balaban J connectivity index is 1.76. The van der Waals surface area contributed by atoms with Crippen LogP contribution < -0.4 is 10.6 Å². The van der Waals surface area contributed by atoms with Crippen LogP contribution in [-0.4, -0.2) is 29.1 Å². The summed E-state index contributed by atoms with van der Waals surface area (Å²) < 4.78 is 26.5. The van der Waals surface area contributed by atoms with Gasteiger partial charge in [-0.1, -0.05) is 12.1 Å². The van der Waals surface area contributed by atoms with Gasteiger partial charge in [-0.25, -0.2) is 13.8 Å². The zero-order valence-corrected chi connectivity index (χ0v) is 14.3. The lowest BCUT2D eigenvalue weighted by Gasteiger charge is -2.07. The molecule has 5 nitrogen and oxygen atoms in total. The number of hydrogen-bond acceptors (Lipinski definition) is 5. The summed E-state index contributed by atoms with van der Waals surface area (Å²) in [5.41, 5.74) is 1.87. The van der Waals surface area contributed by atoms with Crippen molar-refractivity contribution < 1.29 is 18.7 Å². The summed E-state index contributed by atoms with van der Waals surface area (Å²) in [7, 11) is 0. The second-order valence-corrected chi connectivity index (χ2v) is 6.24. The molecule has 0 saturated heterocycles. The number of anilines is 2. The molecule has 0 aliphatic carbocycles. The Morgan fingerprint density at radius 1 is 1.15 bits per heavy atom. The van der Waals surface area contributed by atoms with Crippen LogP contribution in [0.25, 0.3) is 11.3 Å². The van der Waals surface area contributed by atoms with Gasteiger partial charge in [0.25, 0.3) is 5.91 Å². The minimum atomic E-state index is -0.811. The fourth-order valence-corrected chi connectivity index (χ4v) is 3.04. The summed E-state index contributed by atoms with van der Waals surface area (Å²) >= 11 is 1.40. The molecule has 2 aromatic carbocycles. The van der Waals surface area contributed by atoms with E-state index in [-0.39, 0.29) is 12.2 Å². The van der Waals surface area contributed by atoms with E-state index in [1.54, 1.807) is 18.2 Å². The van der Waals surface area contributed by atoms with Gasteiger partial charge in [-0.15, -0.1) is 11.3 Å². The maximum Gasteiger partial charge on any atom is 0.255 e. The largest absolute Gasteiger partial charge is 0.395 e. The number of nitrogens with zero attached hydrogens (tertiary/aromatic N) is 1. The first-order valence-corrected chi connectivity index (χ1v) is 8.61. The van der Waals surface area contributed by atoms with Crippen molar-refractivity contribution in [3.8, 4) is 11.3 Å². The van der Waals surface area contributed by atoms with Gasteiger partial charge in [-0.2, -0.15) is 0 Å². The Hall–Kier alpha value is -2.84. The van der Waals surface area contributed by atoms with Gasteiger partial charge in [0.05, 0.1) is 12.3 Å². The lowest BCUT2D eigenvalue weighted by atomic mass is 10.1. The zero-order chi connectivity index (χ0) is 18.5. The van der Waals surface area contributed by atoms with E-state index in [0.29, 0.717) is 29.1 Å². The fourth-order valence-electron chi connectivity index (χ4n) is 2.29. The number of thiazole rings is 1. The van der Waals surface area contributed by atoms with Crippen molar-refractivity contribution in [1.29, 1.82) is 0 Å². The summed E-state index contributed by atoms with van der Waals surface area (Å²) in [5, 5.41) is 17.0. The number of halogens is 2. The molecule has 0 aliphatic rings. The Labute approximate surface area is 152 Å². The smallest absolute Gasteiger partial charge is 0.255 e. The highest BCUT2D eigenvalue weighted by Gasteiger charge is 2.11. The van der Waals surface area contributed by atoms with Crippen LogP contribution in [0.2, 0.25) is 0 Å². The number of nitrogens with one attached hydrogen (secondary N) is 2. The SMILES string of the molecule is O=C(Nc1cccc(-c2csc(NCCO)n2)c1)c1cc(F)cc(F)c1. The van der Waals surface area contributed by atoms with E-state index in [4.69, 9.17) is 5.11 Å². The predicted molar refractivity (Wildman–Crippen MR) is 97.4 cm³/mol. The Morgan fingerprint density at radius 2 is 1.92 bits per heavy atom. The highest BCUT2D eigenvalue weighted by Crippen LogP contribution is 2.27. The number of rotatable bonds is 6. The first-order valence-electron chi connectivity index (χ1n) is 7.73. The van der Waals surface area contributed by atoms with Crippen molar-refractivity contribution in [1.82, 2.24) is 4.98 Å². The molecule has 0 atom stereocenters. The van der Waals surface area contributed by atoms with E-state index in [0.717, 1.165) is 17.7 Å². The molecule has 26 heavy (non-hydrogen) atoms. The average Bonchev–Trinajstić information content (AvgIpc) is 3.08. The third-order valence-corrected chi connectivity index (χ3v) is 4.23. The monoisotopic (exact) mass is 375 g/mol. The maximum absolute atomic E-state index is 13.3. The van der Waals surface area contributed by atoms with Gasteiger partial charge >= 0.3 is 0 Å². The van der Waals surface area contributed by atoms with Crippen LogP contribution in [-0.2, 0) is 0 Å². The van der Waals surface area contributed by atoms with Crippen LogP contribution in [0.3, 0.4) is 0 Å². The van der Waals surface area contributed by atoms with Gasteiger partial charge in [0.1, 0.15) is 11.6 Å². The third kappa shape index (κ3) is 4.41. The van der Waals surface area contributed by atoms with Crippen molar-refractivity contribution in [2.75, 3.05) is 23.8 Å². The van der Waals surface area contributed by atoms with Crippen LogP contribution >= 0.6 is 11.3 Å². The van der Waals surface area contributed by atoms with Crippen LogP contribution in [0.4, 0.5) is 19.6 Å². The number of carbonyl (C=O) groups excluding carboxylic acids is 1. The van der Waals surface area contributed by atoms with E-state index < -0.39 is 17.5 Å². The van der Waals surface area contributed by atoms with Gasteiger partial charge < -0.3 is 15.7 Å². The molecule has 3 aromatic rings. The summed E-state index contributed by atoms with van der Waals surface area (Å²) in [5.74, 6) is -2.23. The zero-order valence-electron chi connectivity index (χ0n) is 13.5. The third-order valence-electron chi connectivity index (χ3n) is 3.43. The van der Waals surface area contributed by atoms with Crippen molar-refractivity contribution in [2.45, 2.75) is 0 Å². The van der Waals surface area contributed by atoms with Gasteiger partial charge in [0, 0.05) is 34.8 Å². The van der Waals surface area contributed by atoms with E-state index in [1.165, 1.54) is 11.3 Å². The molecule has 0 bridgehead atoms. The van der Waals surface area contributed by atoms with Crippen LogP contribution in [0, 0.1) is 11.6 Å². The van der Waals surface area contributed by atoms with Gasteiger partial charge in [0.2, 0.25) is 0 Å². The molecule has 0 spiro atoms. The number of aromatic nitrogens is 1. The number of benzene rings is 2. The molecule has 0 unspecified atom stereocenters. The number of amides is 1. The number of aliphatic hydroxyl groups is 1. The highest BCUT2D eigenvalue weighted by molar-refractivity contribution is 7.14. The first kappa shape index (κ1) is 18.0. The summed E-state index contributed by atoms with van der Waals surface area (Å²) in [4.78, 5) is 16.6. The maximum atomic E-state index is 13.3. The van der Waals surface area contributed by atoms with Crippen LogP contribution in [0.5, 0.6) is 0 Å². The standard InChI is InChI=1S/C18H15F2N3O2S/c19-13-6-12(7-14(20)9-13)17(25)22-15-3-1-2-11(8-15)16-10-26-18(23-16)21-4-5-24/h1-3,6-10,24H,4-5H2,(H,21,23)(H,22,25). The second-order valence-electron chi connectivity index (χ2n) is 5.38. The van der Waals surface area contributed by atoms with E-state index in [1.807, 2.05) is 11.4 Å². The number of aliphatic hydroxyl groups excluding tert-OH is 1. The van der Waals surface area contributed by atoms with Gasteiger partial charge in [0.15, 0.2) is 5.13 Å². The van der Waals surface area contributed by atoms with Crippen molar-refractivity contribution in [2.24, 2.45) is 0 Å². The average molecular weight is 375 g/mol. The molecule has 1 amide bonds. The second kappa shape index (κ2) is 8.03. The molecular weight excluding hydrogens is 360 g/mol. The van der Waals surface area contributed by atoms with Crippen molar-refractivity contribution >= 4 is 28.1 Å².